The number of hydrogen-bond acceptors (Lipinski definition) is 5. The lowest BCUT2D eigenvalue weighted by Crippen LogP contribution is -2.58. The second-order valence-corrected chi connectivity index (χ2v) is 5.61. The first-order valence-electron chi connectivity index (χ1n) is 6.53. The molecule has 6 N–H and O–H groups in total. The van der Waals surface area contributed by atoms with Gasteiger partial charge in [0.05, 0.1) is 18.7 Å². The molecule has 0 aromatic heterocycles. The van der Waals surface area contributed by atoms with Crippen LogP contribution in [0.3, 0.4) is 0 Å². The van der Waals surface area contributed by atoms with Crippen molar-refractivity contribution < 1.29 is 24.6 Å². The lowest BCUT2D eigenvalue weighted by atomic mass is 9.92. The maximum atomic E-state index is 11.8. The number of aliphatic hydroxyl groups excluding tert-OH is 1. The Morgan fingerprint density at radius 3 is 2.50 bits per heavy atom. The average molecular weight is 285 g/mol. The van der Waals surface area contributed by atoms with Crippen molar-refractivity contribution in [2.45, 2.75) is 37.5 Å². The van der Waals surface area contributed by atoms with Crippen molar-refractivity contribution in [3.05, 3.63) is 0 Å². The van der Waals surface area contributed by atoms with Crippen LogP contribution in [0.2, 0.25) is 0 Å². The highest BCUT2D eigenvalue weighted by atomic mass is 16.4. The summed E-state index contributed by atoms with van der Waals surface area (Å²) >= 11 is 0. The summed E-state index contributed by atoms with van der Waals surface area (Å²) < 4.78 is 0. The first-order valence-corrected chi connectivity index (χ1v) is 6.53. The highest BCUT2D eigenvalue weighted by molar-refractivity contribution is 5.91. The molecule has 0 heterocycles. The summed E-state index contributed by atoms with van der Waals surface area (Å²) in [6, 6.07) is -0.739. The molecule has 0 aliphatic heterocycles. The zero-order chi connectivity index (χ0) is 15.1. The molecule has 2 amide bonds. The third-order valence-corrected chi connectivity index (χ3v) is 4.08. The van der Waals surface area contributed by atoms with Gasteiger partial charge in [0.25, 0.3) is 0 Å². The van der Waals surface area contributed by atoms with E-state index in [2.05, 4.69) is 10.6 Å². The van der Waals surface area contributed by atoms with Crippen LogP contribution >= 0.6 is 0 Å². The molecule has 8 heteroatoms. The molecular formula is C12H19N3O5. The van der Waals surface area contributed by atoms with E-state index in [1.807, 2.05) is 0 Å². The van der Waals surface area contributed by atoms with Gasteiger partial charge in [0.1, 0.15) is 5.54 Å². The molecule has 2 fully saturated rings. The van der Waals surface area contributed by atoms with E-state index >= 15 is 0 Å². The smallest absolute Gasteiger partial charge is 0.329 e. The van der Waals surface area contributed by atoms with Crippen molar-refractivity contribution in [1.82, 2.24) is 10.6 Å². The van der Waals surface area contributed by atoms with E-state index in [4.69, 9.17) is 5.73 Å². The van der Waals surface area contributed by atoms with Crippen molar-refractivity contribution >= 4 is 17.8 Å². The van der Waals surface area contributed by atoms with Crippen molar-refractivity contribution in [3.63, 3.8) is 0 Å². The van der Waals surface area contributed by atoms with E-state index < -0.39 is 35.5 Å². The van der Waals surface area contributed by atoms with Crippen molar-refractivity contribution in [3.8, 4) is 0 Å². The van der Waals surface area contributed by atoms with Gasteiger partial charge >= 0.3 is 5.97 Å². The molecule has 112 valence electrons. The zero-order valence-electron chi connectivity index (χ0n) is 11.1. The Bertz CT molecular complexity index is 452. The van der Waals surface area contributed by atoms with E-state index in [-0.39, 0.29) is 24.8 Å². The summed E-state index contributed by atoms with van der Waals surface area (Å²) in [7, 11) is 0. The maximum Gasteiger partial charge on any atom is 0.329 e. The average Bonchev–Trinajstić information content (AvgIpc) is 3.10. The fourth-order valence-electron chi connectivity index (χ4n) is 2.90. The highest BCUT2D eigenvalue weighted by Crippen LogP contribution is 2.57. The van der Waals surface area contributed by atoms with Crippen LogP contribution in [0.15, 0.2) is 0 Å². The van der Waals surface area contributed by atoms with E-state index in [9.17, 15) is 24.6 Å². The second-order valence-electron chi connectivity index (χ2n) is 5.61. The number of aliphatic hydroxyl groups is 1. The minimum Gasteiger partial charge on any atom is -0.479 e. The Labute approximate surface area is 115 Å². The fourth-order valence-corrected chi connectivity index (χ4v) is 2.90. The lowest BCUT2D eigenvalue weighted by Gasteiger charge is -2.28. The Morgan fingerprint density at radius 1 is 1.45 bits per heavy atom. The molecular weight excluding hydrogens is 266 g/mol. The zero-order valence-corrected chi connectivity index (χ0v) is 11.1. The van der Waals surface area contributed by atoms with E-state index in [1.165, 1.54) is 6.92 Å². The topological polar surface area (TPSA) is 142 Å². The Balaban J connectivity index is 1.95. The molecule has 0 aromatic carbocycles. The van der Waals surface area contributed by atoms with Gasteiger partial charge in [0.15, 0.2) is 0 Å². The number of rotatable bonds is 5. The van der Waals surface area contributed by atoms with Gasteiger partial charge in [-0.2, -0.15) is 0 Å². The molecule has 0 radical (unpaired) electrons. The molecule has 2 aliphatic carbocycles. The number of nitrogens with two attached hydrogens (primary N) is 1. The largest absolute Gasteiger partial charge is 0.479 e. The quantitative estimate of drug-likeness (QED) is 0.388. The summed E-state index contributed by atoms with van der Waals surface area (Å²) in [6.45, 7) is 1.15. The number of fused-ring (bicyclic) bond motifs is 1. The minimum atomic E-state index is -1.42. The van der Waals surface area contributed by atoms with Gasteiger partial charge in [-0.15, -0.1) is 0 Å². The molecule has 20 heavy (non-hydrogen) atoms. The summed E-state index contributed by atoms with van der Waals surface area (Å²) in [5.41, 5.74) is 3.92. The van der Waals surface area contributed by atoms with E-state index in [1.54, 1.807) is 0 Å². The van der Waals surface area contributed by atoms with Crippen LogP contribution in [0.4, 0.5) is 0 Å². The summed E-state index contributed by atoms with van der Waals surface area (Å²) in [5, 5.41) is 23.9. The molecule has 0 aromatic rings. The van der Waals surface area contributed by atoms with Crippen LogP contribution in [0, 0.1) is 11.8 Å². The standard InChI is InChI=1S/C12H19N3O5/c1-5(13)10(18)14-4-9(17)15-12(11(19)20)3-8(16)6-2-7(6)12/h5-8,16H,2-4,13H2,1H3,(H,14,18)(H,15,17)(H,19,20)/t5-,6-,7+,8-,12-/m0/s1. The Kier molecular flexibility index (Phi) is 3.70. The lowest BCUT2D eigenvalue weighted by molar-refractivity contribution is -0.148. The third kappa shape index (κ3) is 2.48. The molecule has 5 atom stereocenters. The Morgan fingerprint density at radius 2 is 2.10 bits per heavy atom. The molecule has 8 nitrogen and oxygen atoms in total. The fraction of sp³-hybridized carbons (Fsp3) is 0.750. The molecule has 2 rings (SSSR count). The summed E-state index contributed by atoms with van der Waals surface area (Å²) in [5.74, 6) is -2.51. The molecule has 0 spiro atoms. The van der Waals surface area contributed by atoms with Gasteiger partial charge in [-0.3, -0.25) is 9.59 Å². The number of hydrogen-bond donors (Lipinski definition) is 5. The normalized spacial score (nSPS) is 35.9. The van der Waals surface area contributed by atoms with Gasteiger partial charge in [-0.25, -0.2) is 4.79 Å². The minimum absolute atomic E-state index is 0.00461. The van der Waals surface area contributed by atoms with Gasteiger partial charge in [0, 0.05) is 6.42 Å². The highest BCUT2D eigenvalue weighted by Gasteiger charge is 2.66. The SMILES string of the molecule is C[C@H](N)C(=O)NCC(=O)N[C@@]1(C(=O)O)C[C@H](O)[C@H]2C[C@H]21. The van der Waals surface area contributed by atoms with Gasteiger partial charge in [0.2, 0.25) is 11.8 Å². The predicted octanol–water partition coefficient (Wildman–Crippen LogP) is -2.21. The molecule has 2 saturated carbocycles. The van der Waals surface area contributed by atoms with E-state index in [0.717, 1.165) is 0 Å². The molecule has 0 bridgehead atoms. The third-order valence-electron chi connectivity index (χ3n) is 4.08. The number of carbonyl (C=O) groups excluding carboxylic acids is 2. The van der Waals surface area contributed by atoms with Crippen LogP contribution < -0.4 is 16.4 Å². The summed E-state index contributed by atoms with van der Waals surface area (Å²) in [4.78, 5) is 34.5. The monoisotopic (exact) mass is 285 g/mol. The van der Waals surface area contributed by atoms with Crippen molar-refractivity contribution in [2.24, 2.45) is 17.6 Å². The molecule has 2 aliphatic rings. The van der Waals surface area contributed by atoms with Crippen LogP contribution in [0.5, 0.6) is 0 Å². The van der Waals surface area contributed by atoms with Gasteiger partial charge in [-0.1, -0.05) is 0 Å². The number of carbonyl (C=O) groups is 3. The first kappa shape index (κ1) is 14.7. The van der Waals surface area contributed by atoms with Crippen LogP contribution in [-0.4, -0.2) is 52.2 Å². The molecule has 0 saturated heterocycles. The van der Waals surface area contributed by atoms with Crippen molar-refractivity contribution in [2.75, 3.05) is 6.54 Å². The first-order chi connectivity index (χ1) is 9.28. The second kappa shape index (κ2) is 5.02. The van der Waals surface area contributed by atoms with Crippen LogP contribution in [0.1, 0.15) is 19.8 Å². The van der Waals surface area contributed by atoms with E-state index in [0.29, 0.717) is 6.42 Å². The Hall–Kier alpha value is -1.67. The van der Waals surface area contributed by atoms with Gasteiger partial charge in [-0.05, 0) is 25.2 Å². The number of carboxylic acids is 1. The van der Waals surface area contributed by atoms with Crippen molar-refractivity contribution in [1.29, 1.82) is 0 Å². The molecule has 0 unspecified atom stereocenters. The number of carboxylic acid groups (broad SMARTS) is 1. The van der Waals surface area contributed by atoms with Crippen LogP contribution in [-0.2, 0) is 14.4 Å². The number of aliphatic carboxylic acids is 1. The maximum absolute atomic E-state index is 11.8. The number of nitrogens with one attached hydrogen (secondary N) is 2. The van der Waals surface area contributed by atoms with Crippen LogP contribution in [0.25, 0.3) is 0 Å². The summed E-state index contributed by atoms with van der Waals surface area (Å²) in [6.07, 6.45) is -0.0973. The number of amides is 2. The predicted molar refractivity (Wildman–Crippen MR) is 67.4 cm³/mol. The van der Waals surface area contributed by atoms with Gasteiger partial charge < -0.3 is 26.6 Å².